The molecule has 0 aliphatic carbocycles. The van der Waals surface area contributed by atoms with Crippen molar-refractivity contribution in [3.05, 3.63) is 65.5 Å². The molecule has 0 aliphatic rings. The maximum atomic E-state index is 13.1. The monoisotopic (exact) mass is 286 g/mol. The number of carbonyl (C=O) groups excluding carboxylic acids is 1. The molecule has 0 fully saturated rings. The van der Waals surface area contributed by atoms with E-state index in [0.717, 1.165) is 11.6 Å². The van der Waals surface area contributed by atoms with Gasteiger partial charge in [0.1, 0.15) is 11.7 Å². The summed E-state index contributed by atoms with van der Waals surface area (Å²) >= 11 is 0. The van der Waals surface area contributed by atoms with Gasteiger partial charge in [-0.15, -0.1) is 0 Å². The number of amidine groups is 1. The molecular formula is C15H15FN4O. The van der Waals surface area contributed by atoms with Gasteiger partial charge < -0.3 is 16.4 Å². The van der Waals surface area contributed by atoms with E-state index in [1.807, 2.05) is 30.3 Å². The van der Waals surface area contributed by atoms with Gasteiger partial charge in [-0.05, 0) is 23.8 Å². The largest absolute Gasteiger partial charge is 0.384 e. The van der Waals surface area contributed by atoms with Crippen LogP contribution >= 0.6 is 0 Å². The predicted octanol–water partition coefficient (Wildman–Crippen LogP) is 2.43. The van der Waals surface area contributed by atoms with Gasteiger partial charge in [-0.25, -0.2) is 9.18 Å². The van der Waals surface area contributed by atoms with Crippen LogP contribution in [0.3, 0.4) is 0 Å². The molecule has 0 radical (unpaired) electrons. The fraction of sp³-hybridized carbons (Fsp3) is 0.0667. The van der Waals surface area contributed by atoms with Gasteiger partial charge in [0.2, 0.25) is 0 Å². The van der Waals surface area contributed by atoms with Crippen LogP contribution in [0.5, 0.6) is 0 Å². The van der Waals surface area contributed by atoms with Gasteiger partial charge in [0, 0.05) is 12.1 Å². The fourth-order valence-corrected chi connectivity index (χ4v) is 1.79. The third kappa shape index (κ3) is 4.04. The maximum absolute atomic E-state index is 13.1. The van der Waals surface area contributed by atoms with Crippen LogP contribution in [-0.2, 0) is 6.54 Å². The smallest absolute Gasteiger partial charge is 0.319 e. The molecule has 2 amide bonds. The number of anilines is 1. The van der Waals surface area contributed by atoms with Crippen molar-refractivity contribution in [2.75, 3.05) is 5.32 Å². The molecule has 2 aromatic carbocycles. The van der Waals surface area contributed by atoms with E-state index in [-0.39, 0.29) is 17.1 Å². The van der Waals surface area contributed by atoms with Crippen molar-refractivity contribution >= 4 is 17.6 Å². The van der Waals surface area contributed by atoms with Crippen molar-refractivity contribution in [2.45, 2.75) is 6.54 Å². The van der Waals surface area contributed by atoms with E-state index in [0.29, 0.717) is 6.54 Å². The van der Waals surface area contributed by atoms with Crippen LogP contribution in [0.25, 0.3) is 0 Å². The van der Waals surface area contributed by atoms with E-state index in [2.05, 4.69) is 10.6 Å². The van der Waals surface area contributed by atoms with Crippen LogP contribution in [0.2, 0.25) is 0 Å². The highest BCUT2D eigenvalue weighted by Gasteiger charge is 2.10. The lowest BCUT2D eigenvalue weighted by atomic mass is 10.1. The van der Waals surface area contributed by atoms with E-state index >= 15 is 0 Å². The van der Waals surface area contributed by atoms with E-state index in [1.165, 1.54) is 12.1 Å². The Morgan fingerprint density at radius 3 is 2.57 bits per heavy atom. The second-order valence-electron chi connectivity index (χ2n) is 4.40. The minimum Gasteiger partial charge on any atom is -0.384 e. The Labute approximate surface area is 121 Å². The van der Waals surface area contributed by atoms with Crippen molar-refractivity contribution in [2.24, 2.45) is 5.73 Å². The number of benzene rings is 2. The highest BCUT2D eigenvalue weighted by Crippen LogP contribution is 2.16. The first kappa shape index (κ1) is 14.5. The molecule has 6 heteroatoms. The summed E-state index contributed by atoms with van der Waals surface area (Å²) in [6.07, 6.45) is 0. The first-order valence-electron chi connectivity index (χ1n) is 6.29. The first-order valence-corrected chi connectivity index (χ1v) is 6.29. The lowest BCUT2D eigenvalue weighted by molar-refractivity contribution is 0.251. The third-order valence-corrected chi connectivity index (χ3v) is 2.82. The Hall–Kier alpha value is -2.89. The Morgan fingerprint density at radius 2 is 1.90 bits per heavy atom. The summed E-state index contributed by atoms with van der Waals surface area (Å²) in [5.41, 5.74) is 6.76. The van der Waals surface area contributed by atoms with Gasteiger partial charge in [0.15, 0.2) is 0 Å². The first-order chi connectivity index (χ1) is 10.1. The number of nitrogens with one attached hydrogen (secondary N) is 3. The van der Waals surface area contributed by atoms with Gasteiger partial charge in [0.05, 0.1) is 5.69 Å². The molecule has 0 bridgehead atoms. The minimum absolute atomic E-state index is 0.143. The number of hydrogen-bond acceptors (Lipinski definition) is 2. The van der Waals surface area contributed by atoms with Gasteiger partial charge in [0.25, 0.3) is 0 Å². The molecule has 0 atom stereocenters. The number of carbonyl (C=O) groups is 1. The second kappa shape index (κ2) is 6.51. The standard InChI is InChI=1S/C15H15FN4O/c16-11-6-7-13(12(8-11)14(17)18)20-15(21)19-9-10-4-2-1-3-5-10/h1-8H,9H2,(H3,17,18)(H2,19,20,21). The molecule has 0 aliphatic heterocycles. The number of nitrogens with two attached hydrogens (primary N) is 1. The van der Waals surface area contributed by atoms with E-state index in [1.54, 1.807) is 0 Å². The van der Waals surface area contributed by atoms with Crippen molar-refractivity contribution < 1.29 is 9.18 Å². The number of nitrogen functional groups attached to an aromatic ring is 1. The summed E-state index contributed by atoms with van der Waals surface area (Å²) in [6.45, 7) is 0.364. The quantitative estimate of drug-likeness (QED) is 0.513. The van der Waals surface area contributed by atoms with Gasteiger partial charge >= 0.3 is 6.03 Å². The average Bonchev–Trinajstić information content (AvgIpc) is 2.48. The van der Waals surface area contributed by atoms with Gasteiger partial charge in [-0.3, -0.25) is 5.41 Å². The van der Waals surface area contributed by atoms with Crippen LogP contribution in [0.1, 0.15) is 11.1 Å². The minimum atomic E-state index is -0.518. The molecule has 0 heterocycles. The Bertz CT molecular complexity index is 658. The number of rotatable bonds is 4. The van der Waals surface area contributed by atoms with Crippen molar-refractivity contribution in [1.82, 2.24) is 5.32 Å². The number of urea groups is 1. The van der Waals surface area contributed by atoms with Crippen molar-refractivity contribution in [3.8, 4) is 0 Å². The topological polar surface area (TPSA) is 91.0 Å². The SMILES string of the molecule is N=C(N)c1cc(F)ccc1NC(=O)NCc1ccccc1. The Balaban J connectivity index is 2.01. The van der Waals surface area contributed by atoms with Gasteiger partial charge in [-0.2, -0.15) is 0 Å². The van der Waals surface area contributed by atoms with Crippen LogP contribution in [0.15, 0.2) is 48.5 Å². The summed E-state index contributed by atoms with van der Waals surface area (Å²) in [5, 5.41) is 12.6. The second-order valence-corrected chi connectivity index (χ2v) is 4.40. The van der Waals surface area contributed by atoms with E-state index in [9.17, 15) is 9.18 Å². The van der Waals surface area contributed by atoms with Crippen LogP contribution in [0, 0.1) is 11.2 Å². The summed E-state index contributed by atoms with van der Waals surface area (Å²) < 4.78 is 13.1. The molecule has 0 saturated heterocycles. The zero-order valence-corrected chi connectivity index (χ0v) is 11.2. The van der Waals surface area contributed by atoms with Crippen LogP contribution in [-0.4, -0.2) is 11.9 Å². The highest BCUT2D eigenvalue weighted by molar-refractivity contribution is 6.03. The molecular weight excluding hydrogens is 271 g/mol. The summed E-state index contributed by atoms with van der Waals surface area (Å²) in [7, 11) is 0. The van der Waals surface area contributed by atoms with Gasteiger partial charge in [-0.1, -0.05) is 30.3 Å². The number of halogens is 1. The Kier molecular flexibility index (Phi) is 4.50. The molecule has 0 saturated carbocycles. The van der Waals surface area contributed by atoms with Crippen LogP contribution < -0.4 is 16.4 Å². The van der Waals surface area contributed by atoms with E-state index < -0.39 is 11.8 Å². The zero-order valence-electron chi connectivity index (χ0n) is 11.2. The zero-order chi connectivity index (χ0) is 15.2. The maximum Gasteiger partial charge on any atom is 0.319 e. The molecule has 21 heavy (non-hydrogen) atoms. The average molecular weight is 286 g/mol. The van der Waals surface area contributed by atoms with Crippen molar-refractivity contribution in [1.29, 1.82) is 5.41 Å². The molecule has 0 unspecified atom stereocenters. The fourth-order valence-electron chi connectivity index (χ4n) is 1.79. The molecule has 0 spiro atoms. The summed E-state index contributed by atoms with van der Waals surface area (Å²) in [4.78, 5) is 11.8. The normalized spacial score (nSPS) is 9.95. The molecule has 108 valence electrons. The lowest BCUT2D eigenvalue weighted by Gasteiger charge is -2.11. The third-order valence-electron chi connectivity index (χ3n) is 2.82. The Morgan fingerprint density at radius 1 is 1.19 bits per heavy atom. The molecule has 5 N–H and O–H groups in total. The summed E-state index contributed by atoms with van der Waals surface area (Å²) in [6, 6.07) is 12.6. The number of amides is 2. The molecule has 2 aromatic rings. The highest BCUT2D eigenvalue weighted by atomic mass is 19.1. The predicted molar refractivity (Wildman–Crippen MR) is 79.7 cm³/mol. The summed E-state index contributed by atoms with van der Waals surface area (Å²) in [5.74, 6) is -0.830. The van der Waals surface area contributed by atoms with Crippen molar-refractivity contribution in [3.63, 3.8) is 0 Å². The molecule has 2 rings (SSSR count). The number of hydrogen-bond donors (Lipinski definition) is 4. The van der Waals surface area contributed by atoms with Crippen LogP contribution in [0.4, 0.5) is 14.9 Å². The van der Waals surface area contributed by atoms with E-state index in [4.69, 9.17) is 11.1 Å². The molecule has 0 aromatic heterocycles. The lowest BCUT2D eigenvalue weighted by Crippen LogP contribution is -2.29. The molecule has 5 nitrogen and oxygen atoms in total.